The highest BCUT2D eigenvalue weighted by atomic mass is 32.2. The molecular weight excluding hydrogens is 272 g/mol. The maximum atomic E-state index is 4.37. The summed E-state index contributed by atoms with van der Waals surface area (Å²) in [6.07, 6.45) is 1.57. The van der Waals surface area contributed by atoms with Gasteiger partial charge in [-0.25, -0.2) is 14.6 Å². The van der Waals surface area contributed by atoms with Gasteiger partial charge in [0.1, 0.15) is 11.4 Å². The Balaban J connectivity index is 2.06. The lowest BCUT2D eigenvalue weighted by atomic mass is 10.2. The maximum Gasteiger partial charge on any atom is 0.215 e. The van der Waals surface area contributed by atoms with Crippen molar-refractivity contribution in [2.45, 2.75) is 37.0 Å². The lowest BCUT2D eigenvalue weighted by Crippen LogP contribution is -2.04. The maximum absolute atomic E-state index is 4.37. The average molecular weight is 286 g/mol. The van der Waals surface area contributed by atoms with E-state index < -0.39 is 0 Å². The highest BCUT2D eigenvalue weighted by Gasteiger charge is 2.13. The van der Waals surface area contributed by atoms with Crippen molar-refractivity contribution in [3.05, 3.63) is 30.1 Å². The normalized spacial score (nSPS) is 11.4. The predicted octanol–water partition coefficient (Wildman–Crippen LogP) is 2.66. The lowest BCUT2D eigenvalue weighted by Gasteiger charge is -2.08. The van der Waals surface area contributed by atoms with Gasteiger partial charge in [0.2, 0.25) is 5.16 Å². The van der Waals surface area contributed by atoms with Crippen molar-refractivity contribution in [2.75, 3.05) is 0 Å². The first-order valence-corrected chi connectivity index (χ1v) is 7.14. The van der Waals surface area contributed by atoms with Crippen LogP contribution in [0.5, 0.6) is 0 Å². The zero-order valence-corrected chi connectivity index (χ0v) is 12.3. The molecule has 102 valence electrons. The number of benzene rings is 1. The molecule has 7 heteroatoms. The van der Waals surface area contributed by atoms with Gasteiger partial charge < -0.3 is 0 Å². The Kier molecular flexibility index (Phi) is 3.35. The van der Waals surface area contributed by atoms with Gasteiger partial charge in [0.05, 0.1) is 11.6 Å². The first-order valence-electron chi connectivity index (χ1n) is 6.32. The average Bonchev–Trinajstić information content (AvgIpc) is 2.88. The van der Waals surface area contributed by atoms with Gasteiger partial charge in [0, 0.05) is 5.39 Å². The fourth-order valence-electron chi connectivity index (χ4n) is 1.89. The highest BCUT2D eigenvalue weighted by Crippen LogP contribution is 2.30. The number of aryl methyl sites for hydroxylation is 1. The smallest absolute Gasteiger partial charge is 0.215 e. The van der Waals surface area contributed by atoms with Gasteiger partial charge >= 0.3 is 0 Å². The van der Waals surface area contributed by atoms with Crippen LogP contribution in [0.4, 0.5) is 0 Å². The molecule has 0 saturated heterocycles. The molecule has 0 saturated carbocycles. The SMILES string of the molecule is Cc1ccc2ncnc(Sc3nnnn3C(C)C)c2c1. The molecule has 0 fully saturated rings. The molecule has 2 heterocycles. The molecule has 0 aliphatic carbocycles. The fourth-order valence-corrected chi connectivity index (χ4v) is 2.86. The van der Waals surface area contributed by atoms with Crippen LogP contribution < -0.4 is 0 Å². The summed E-state index contributed by atoms with van der Waals surface area (Å²) < 4.78 is 1.79. The topological polar surface area (TPSA) is 69.4 Å². The molecule has 6 nitrogen and oxygen atoms in total. The van der Waals surface area contributed by atoms with Crippen LogP contribution in [0, 0.1) is 6.92 Å². The molecule has 0 aliphatic heterocycles. The third kappa shape index (κ3) is 2.36. The van der Waals surface area contributed by atoms with E-state index in [0.29, 0.717) is 0 Å². The number of rotatable bonds is 3. The summed E-state index contributed by atoms with van der Waals surface area (Å²) in [5.41, 5.74) is 2.11. The van der Waals surface area contributed by atoms with Crippen molar-refractivity contribution >= 4 is 22.7 Å². The Hall–Kier alpha value is -2.02. The van der Waals surface area contributed by atoms with Crippen LogP contribution in [0.15, 0.2) is 34.7 Å². The van der Waals surface area contributed by atoms with Crippen molar-refractivity contribution in [3.63, 3.8) is 0 Å². The molecule has 3 rings (SSSR count). The quantitative estimate of drug-likeness (QED) is 0.689. The van der Waals surface area contributed by atoms with Crippen molar-refractivity contribution in [2.24, 2.45) is 0 Å². The Morgan fingerprint density at radius 1 is 1.20 bits per heavy atom. The summed E-state index contributed by atoms with van der Waals surface area (Å²) in [5.74, 6) is 0. The molecule has 0 atom stereocenters. The van der Waals surface area contributed by atoms with E-state index in [2.05, 4.69) is 38.5 Å². The fraction of sp³-hybridized carbons (Fsp3) is 0.308. The van der Waals surface area contributed by atoms with Crippen molar-refractivity contribution in [1.29, 1.82) is 0 Å². The molecule has 0 aliphatic rings. The van der Waals surface area contributed by atoms with Gasteiger partial charge in [-0.05, 0) is 55.1 Å². The van der Waals surface area contributed by atoms with Crippen LogP contribution >= 0.6 is 11.8 Å². The molecular formula is C13H14N6S. The summed E-state index contributed by atoms with van der Waals surface area (Å²) >= 11 is 1.46. The summed E-state index contributed by atoms with van der Waals surface area (Å²) in [6.45, 7) is 6.14. The monoisotopic (exact) mass is 286 g/mol. The minimum atomic E-state index is 0.210. The third-order valence-electron chi connectivity index (χ3n) is 2.89. The number of nitrogens with zero attached hydrogens (tertiary/aromatic N) is 6. The minimum Gasteiger partial charge on any atom is -0.236 e. The van der Waals surface area contributed by atoms with Crippen LogP contribution in [0.25, 0.3) is 10.9 Å². The van der Waals surface area contributed by atoms with E-state index in [1.807, 2.05) is 26.0 Å². The standard InChI is InChI=1S/C13H14N6S/c1-8(2)19-13(16-17-18-19)20-12-10-6-9(3)4-5-11(10)14-7-15-12/h4-8H,1-3H3. The van der Waals surface area contributed by atoms with E-state index in [-0.39, 0.29) is 6.04 Å². The minimum absolute atomic E-state index is 0.210. The van der Waals surface area contributed by atoms with E-state index in [1.54, 1.807) is 11.0 Å². The second kappa shape index (κ2) is 5.16. The van der Waals surface area contributed by atoms with Crippen LogP contribution in [0.2, 0.25) is 0 Å². The van der Waals surface area contributed by atoms with Gasteiger partial charge in [0.25, 0.3) is 0 Å². The van der Waals surface area contributed by atoms with Crippen LogP contribution in [0.1, 0.15) is 25.5 Å². The van der Waals surface area contributed by atoms with Crippen molar-refractivity contribution in [1.82, 2.24) is 30.2 Å². The number of hydrogen-bond acceptors (Lipinski definition) is 6. The predicted molar refractivity (Wildman–Crippen MR) is 76.6 cm³/mol. The second-order valence-corrected chi connectivity index (χ2v) is 5.76. The van der Waals surface area contributed by atoms with Crippen LogP contribution in [-0.2, 0) is 0 Å². The van der Waals surface area contributed by atoms with Crippen molar-refractivity contribution in [3.8, 4) is 0 Å². The molecule has 0 unspecified atom stereocenters. The number of tetrazole rings is 1. The Labute approximate surface area is 120 Å². The Morgan fingerprint density at radius 3 is 2.85 bits per heavy atom. The first kappa shape index (κ1) is 13.0. The molecule has 0 radical (unpaired) electrons. The van der Waals surface area contributed by atoms with E-state index in [4.69, 9.17) is 0 Å². The number of hydrogen-bond donors (Lipinski definition) is 0. The first-order chi connectivity index (χ1) is 9.65. The summed E-state index contributed by atoms with van der Waals surface area (Å²) in [6, 6.07) is 6.34. The largest absolute Gasteiger partial charge is 0.236 e. The van der Waals surface area contributed by atoms with E-state index >= 15 is 0 Å². The summed E-state index contributed by atoms with van der Waals surface area (Å²) in [5, 5.41) is 14.4. The summed E-state index contributed by atoms with van der Waals surface area (Å²) in [4.78, 5) is 8.65. The van der Waals surface area contributed by atoms with Gasteiger partial charge in [-0.3, -0.25) is 0 Å². The molecule has 0 amide bonds. The number of aromatic nitrogens is 6. The third-order valence-corrected chi connectivity index (χ3v) is 3.86. The summed E-state index contributed by atoms with van der Waals surface area (Å²) in [7, 11) is 0. The van der Waals surface area contributed by atoms with Gasteiger partial charge in [-0.15, -0.1) is 5.10 Å². The molecule has 0 bridgehead atoms. The molecule has 0 N–H and O–H groups in total. The molecule has 20 heavy (non-hydrogen) atoms. The van der Waals surface area contributed by atoms with Crippen LogP contribution in [0.3, 0.4) is 0 Å². The molecule has 0 spiro atoms. The van der Waals surface area contributed by atoms with E-state index in [1.165, 1.54) is 17.3 Å². The zero-order chi connectivity index (χ0) is 14.1. The Morgan fingerprint density at radius 2 is 2.05 bits per heavy atom. The molecule has 3 aromatic rings. The molecule has 2 aromatic heterocycles. The Bertz CT molecular complexity index is 751. The molecule has 1 aromatic carbocycles. The van der Waals surface area contributed by atoms with Gasteiger partial charge in [0.15, 0.2) is 0 Å². The van der Waals surface area contributed by atoms with Gasteiger partial charge in [-0.2, -0.15) is 0 Å². The lowest BCUT2D eigenvalue weighted by molar-refractivity contribution is 0.477. The van der Waals surface area contributed by atoms with Crippen molar-refractivity contribution < 1.29 is 0 Å². The highest BCUT2D eigenvalue weighted by molar-refractivity contribution is 7.99. The van der Waals surface area contributed by atoms with Gasteiger partial charge in [-0.1, -0.05) is 11.6 Å². The zero-order valence-electron chi connectivity index (χ0n) is 11.5. The van der Waals surface area contributed by atoms with E-state index in [0.717, 1.165) is 21.1 Å². The van der Waals surface area contributed by atoms with Crippen LogP contribution in [-0.4, -0.2) is 30.2 Å². The second-order valence-electron chi connectivity index (χ2n) is 4.80. The number of fused-ring (bicyclic) bond motifs is 1. The van der Waals surface area contributed by atoms with E-state index in [9.17, 15) is 0 Å².